The molecule has 0 unspecified atom stereocenters. The van der Waals surface area contributed by atoms with Gasteiger partial charge in [-0.2, -0.15) is 0 Å². The quantitative estimate of drug-likeness (QED) is 0.597. The third-order valence-electron chi connectivity index (χ3n) is 4.60. The number of nitrogens with one attached hydrogen (secondary N) is 2. The Labute approximate surface area is 164 Å². The first-order chi connectivity index (χ1) is 13.7. The lowest BCUT2D eigenvalue weighted by Gasteiger charge is -2.36. The molecule has 9 nitrogen and oxygen atoms in total. The summed E-state index contributed by atoms with van der Waals surface area (Å²) in [7, 11) is 3.14. The predicted molar refractivity (Wildman–Crippen MR) is 106 cm³/mol. The van der Waals surface area contributed by atoms with E-state index < -0.39 is 6.09 Å². The van der Waals surface area contributed by atoms with Crippen LogP contribution in [0, 0.1) is 0 Å². The molecule has 28 heavy (non-hydrogen) atoms. The fraction of sp³-hybridized carbons (Fsp3) is 0.421. The van der Waals surface area contributed by atoms with Gasteiger partial charge in [-0.3, -0.25) is 15.2 Å². The number of benzene rings is 1. The van der Waals surface area contributed by atoms with Crippen molar-refractivity contribution in [3.05, 3.63) is 47.9 Å². The molecule has 9 heteroatoms. The van der Waals surface area contributed by atoms with Crippen LogP contribution in [0.2, 0.25) is 0 Å². The maximum Gasteiger partial charge on any atom is 0.411 e. The first kappa shape index (κ1) is 19.7. The van der Waals surface area contributed by atoms with Crippen molar-refractivity contribution in [1.82, 2.24) is 20.3 Å². The molecule has 2 N–H and O–H groups in total. The molecule has 1 aliphatic rings. The van der Waals surface area contributed by atoms with E-state index in [-0.39, 0.29) is 0 Å². The van der Waals surface area contributed by atoms with Gasteiger partial charge in [0.15, 0.2) is 5.96 Å². The van der Waals surface area contributed by atoms with Gasteiger partial charge in [0.25, 0.3) is 0 Å². The van der Waals surface area contributed by atoms with Gasteiger partial charge in [0.1, 0.15) is 6.26 Å². The maximum absolute atomic E-state index is 11.2. The second-order valence-corrected chi connectivity index (χ2v) is 6.47. The number of aliphatic imine (C=N–C) groups is 1. The highest BCUT2D eigenvalue weighted by Crippen LogP contribution is 2.11. The molecule has 1 fully saturated rings. The number of methoxy groups -OCH3 is 1. The topological polar surface area (TPSA) is 95.2 Å². The van der Waals surface area contributed by atoms with E-state index in [1.165, 1.54) is 7.11 Å². The number of carbonyl (C=O) groups is 1. The Kier molecular flexibility index (Phi) is 6.85. The summed E-state index contributed by atoms with van der Waals surface area (Å²) in [6.07, 6.45) is 1.13. The van der Waals surface area contributed by atoms with Crippen LogP contribution in [0.25, 0.3) is 0 Å². The highest BCUT2D eigenvalue weighted by molar-refractivity contribution is 5.84. The average molecular weight is 386 g/mol. The van der Waals surface area contributed by atoms with Crippen molar-refractivity contribution < 1.29 is 14.1 Å². The second-order valence-electron chi connectivity index (χ2n) is 6.47. The zero-order valence-electron chi connectivity index (χ0n) is 16.2. The van der Waals surface area contributed by atoms with Crippen LogP contribution < -0.4 is 10.6 Å². The summed E-state index contributed by atoms with van der Waals surface area (Å²) in [5, 5.41) is 10.0. The molecular formula is C19H26N6O3. The van der Waals surface area contributed by atoms with Gasteiger partial charge in [-0.25, -0.2) is 4.79 Å². The molecule has 2 heterocycles. The Hall–Kier alpha value is -3.07. The molecule has 1 aliphatic heterocycles. The van der Waals surface area contributed by atoms with Gasteiger partial charge in [-0.05, 0) is 17.7 Å². The van der Waals surface area contributed by atoms with Gasteiger partial charge in [0, 0.05) is 58.1 Å². The third kappa shape index (κ3) is 5.46. The lowest BCUT2D eigenvalue weighted by Crippen LogP contribution is -2.52. The van der Waals surface area contributed by atoms with E-state index in [0.29, 0.717) is 12.2 Å². The van der Waals surface area contributed by atoms with Crippen LogP contribution in [0.1, 0.15) is 11.3 Å². The van der Waals surface area contributed by atoms with Gasteiger partial charge in [0.05, 0.1) is 12.8 Å². The minimum Gasteiger partial charge on any atom is -0.453 e. The molecule has 1 saturated heterocycles. The molecule has 2 aromatic rings. The number of nitrogens with zero attached hydrogens (tertiary/aromatic N) is 4. The second kappa shape index (κ2) is 9.75. The van der Waals surface area contributed by atoms with Crippen LogP contribution in [0.4, 0.5) is 10.5 Å². The summed E-state index contributed by atoms with van der Waals surface area (Å²) >= 11 is 0. The Balaban J connectivity index is 1.45. The summed E-state index contributed by atoms with van der Waals surface area (Å²) in [4.78, 5) is 20.2. The van der Waals surface area contributed by atoms with Crippen molar-refractivity contribution >= 4 is 17.7 Å². The highest BCUT2D eigenvalue weighted by atomic mass is 16.5. The van der Waals surface area contributed by atoms with E-state index in [2.05, 4.69) is 35.3 Å². The minimum absolute atomic E-state index is 0.478. The number of anilines is 1. The lowest BCUT2D eigenvalue weighted by atomic mass is 10.2. The number of rotatable bonds is 5. The summed E-state index contributed by atoms with van der Waals surface area (Å²) in [5.74, 6) is 0.887. The van der Waals surface area contributed by atoms with Gasteiger partial charge >= 0.3 is 6.09 Å². The number of aromatic nitrogens is 1. The molecule has 150 valence electrons. The van der Waals surface area contributed by atoms with E-state index in [1.54, 1.807) is 13.3 Å². The molecule has 0 aliphatic carbocycles. The van der Waals surface area contributed by atoms with Crippen LogP contribution >= 0.6 is 0 Å². The highest BCUT2D eigenvalue weighted by Gasteiger charge is 2.20. The monoisotopic (exact) mass is 386 g/mol. The molecule has 0 spiro atoms. The van der Waals surface area contributed by atoms with Crippen molar-refractivity contribution in [3.8, 4) is 0 Å². The Morgan fingerprint density at radius 1 is 1.21 bits per heavy atom. The van der Waals surface area contributed by atoms with E-state index in [4.69, 9.17) is 4.52 Å². The largest absolute Gasteiger partial charge is 0.453 e. The fourth-order valence-electron chi connectivity index (χ4n) is 3.05. The molecule has 1 amide bonds. The first-order valence-electron chi connectivity index (χ1n) is 9.19. The SMILES string of the molecule is CN=C(NCc1ccc(NC(=O)OC)cc1)N1CCN(Cc2ccon2)CC1. The number of ether oxygens (including phenoxy) is 1. The van der Waals surface area contributed by atoms with Gasteiger partial charge in [-0.15, -0.1) is 0 Å². The molecule has 0 atom stereocenters. The molecule has 3 rings (SSSR count). The normalized spacial score (nSPS) is 15.4. The lowest BCUT2D eigenvalue weighted by molar-refractivity contribution is 0.169. The van der Waals surface area contributed by atoms with Crippen molar-refractivity contribution in [3.63, 3.8) is 0 Å². The van der Waals surface area contributed by atoms with Crippen LogP contribution in [-0.4, -0.2) is 67.3 Å². The number of amides is 1. The Bertz CT molecular complexity index is 767. The van der Waals surface area contributed by atoms with Crippen molar-refractivity contribution in [2.75, 3.05) is 45.7 Å². The van der Waals surface area contributed by atoms with E-state index in [1.807, 2.05) is 30.3 Å². The fourth-order valence-corrected chi connectivity index (χ4v) is 3.05. The number of hydrogen-bond acceptors (Lipinski definition) is 6. The molecule has 1 aromatic heterocycles. The van der Waals surface area contributed by atoms with Crippen molar-refractivity contribution in [2.45, 2.75) is 13.1 Å². The molecule has 0 bridgehead atoms. The molecule has 0 radical (unpaired) electrons. The standard InChI is InChI=1S/C19H26N6O3/c1-20-18(21-13-15-3-5-16(6-4-15)22-19(26)27-2)25-10-8-24(9-11-25)14-17-7-12-28-23-17/h3-7,12H,8-11,13-14H2,1-2H3,(H,20,21)(H,22,26). The van der Waals surface area contributed by atoms with E-state index in [0.717, 1.165) is 49.9 Å². The molecule has 1 aromatic carbocycles. The van der Waals surface area contributed by atoms with Crippen LogP contribution in [0.15, 0.2) is 46.1 Å². The summed E-state index contributed by atoms with van der Waals surface area (Å²) in [6.45, 7) is 5.16. The number of carbonyl (C=O) groups excluding carboxylic acids is 1. The van der Waals surface area contributed by atoms with E-state index >= 15 is 0 Å². The van der Waals surface area contributed by atoms with Crippen molar-refractivity contribution in [2.24, 2.45) is 4.99 Å². The predicted octanol–water partition coefficient (Wildman–Crippen LogP) is 1.75. The first-order valence-corrected chi connectivity index (χ1v) is 9.19. The van der Waals surface area contributed by atoms with E-state index in [9.17, 15) is 4.79 Å². The summed E-state index contributed by atoms with van der Waals surface area (Å²) in [6, 6.07) is 9.51. The molecule has 0 saturated carbocycles. The minimum atomic E-state index is -0.478. The smallest absolute Gasteiger partial charge is 0.411 e. The van der Waals surface area contributed by atoms with Crippen molar-refractivity contribution in [1.29, 1.82) is 0 Å². The maximum atomic E-state index is 11.2. The average Bonchev–Trinajstić information content (AvgIpc) is 3.23. The van der Waals surface area contributed by atoms with Crippen LogP contribution in [-0.2, 0) is 17.8 Å². The number of hydrogen-bond donors (Lipinski definition) is 2. The van der Waals surface area contributed by atoms with Gasteiger partial charge < -0.3 is 19.5 Å². The number of piperazine rings is 1. The Morgan fingerprint density at radius 3 is 2.57 bits per heavy atom. The van der Waals surface area contributed by atoms with Gasteiger partial charge in [0.2, 0.25) is 0 Å². The zero-order chi connectivity index (χ0) is 19.8. The van der Waals surface area contributed by atoms with Crippen LogP contribution in [0.3, 0.4) is 0 Å². The summed E-state index contributed by atoms with van der Waals surface area (Å²) < 4.78 is 9.48. The van der Waals surface area contributed by atoms with Gasteiger partial charge in [-0.1, -0.05) is 17.3 Å². The summed E-state index contributed by atoms with van der Waals surface area (Å²) in [5.41, 5.74) is 2.76. The number of guanidine groups is 1. The molecular weight excluding hydrogens is 360 g/mol. The van der Waals surface area contributed by atoms with Crippen LogP contribution in [0.5, 0.6) is 0 Å². The zero-order valence-corrected chi connectivity index (χ0v) is 16.2. The Morgan fingerprint density at radius 2 is 1.96 bits per heavy atom. The third-order valence-corrected chi connectivity index (χ3v) is 4.60.